The van der Waals surface area contributed by atoms with Crippen molar-refractivity contribution in [2.75, 3.05) is 6.54 Å². The van der Waals surface area contributed by atoms with Gasteiger partial charge >= 0.3 is 0 Å². The Morgan fingerprint density at radius 2 is 1.82 bits per heavy atom. The molecule has 0 spiro atoms. The summed E-state index contributed by atoms with van der Waals surface area (Å²) in [7, 11) is 0. The van der Waals surface area contributed by atoms with Crippen LogP contribution in [0.3, 0.4) is 0 Å². The maximum Gasteiger partial charge on any atom is 0.148 e. The van der Waals surface area contributed by atoms with Crippen LogP contribution >= 0.6 is 11.6 Å². The third kappa shape index (κ3) is 2.18. The highest BCUT2D eigenvalue weighted by Crippen LogP contribution is 2.42. The monoisotopic (exact) mass is 259 g/mol. The van der Waals surface area contributed by atoms with Crippen molar-refractivity contribution < 1.29 is 8.78 Å². The minimum absolute atomic E-state index is 0.0280. The van der Waals surface area contributed by atoms with Crippen LogP contribution in [0.15, 0.2) is 12.1 Å². The molecule has 0 amide bonds. The molecule has 4 heteroatoms. The second kappa shape index (κ2) is 4.91. The van der Waals surface area contributed by atoms with Crippen molar-refractivity contribution in [1.29, 1.82) is 0 Å². The van der Waals surface area contributed by atoms with E-state index in [0.717, 1.165) is 32.1 Å². The van der Waals surface area contributed by atoms with Gasteiger partial charge in [0.1, 0.15) is 11.6 Å². The summed E-state index contributed by atoms with van der Waals surface area (Å²) < 4.78 is 27.9. The van der Waals surface area contributed by atoms with Crippen LogP contribution in [0.2, 0.25) is 5.02 Å². The van der Waals surface area contributed by atoms with Crippen LogP contribution in [0.1, 0.15) is 37.7 Å². The largest absolute Gasteiger partial charge is 0.330 e. The van der Waals surface area contributed by atoms with E-state index in [1.807, 2.05) is 0 Å². The Labute approximate surface area is 105 Å². The molecule has 0 unspecified atom stereocenters. The molecule has 0 saturated heterocycles. The van der Waals surface area contributed by atoms with Crippen LogP contribution in [-0.2, 0) is 5.41 Å². The second-order valence-corrected chi connectivity index (χ2v) is 5.17. The highest BCUT2D eigenvalue weighted by Gasteiger charge is 2.37. The first-order valence-corrected chi connectivity index (χ1v) is 6.32. The quantitative estimate of drug-likeness (QED) is 0.804. The van der Waals surface area contributed by atoms with Gasteiger partial charge in [0.25, 0.3) is 0 Å². The maximum atomic E-state index is 14.1. The average Bonchev–Trinajstić information content (AvgIpc) is 2.35. The molecule has 1 nitrogen and oxygen atoms in total. The summed E-state index contributed by atoms with van der Waals surface area (Å²) in [5, 5.41) is -0.0280. The molecule has 17 heavy (non-hydrogen) atoms. The molecular formula is C13H16ClF2N. The summed E-state index contributed by atoms with van der Waals surface area (Å²) in [6, 6.07) is 2.48. The molecule has 2 rings (SSSR count). The first-order chi connectivity index (χ1) is 8.10. The van der Waals surface area contributed by atoms with E-state index in [1.54, 1.807) is 0 Å². The number of hydrogen-bond acceptors (Lipinski definition) is 1. The standard InChI is InChI=1S/C13H16ClF2N/c14-9-4-5-10(15)11(12(9)16)13(8-17)6-2-1-3-7-13/h4-5H,1-3,6-8,17H2. The fourth-order valence-corrected chi connectivity index (χ4v) is 2.96. The predicted octanol–water partition coefficient (Wildman–Crippen LogP) is 3.78. The van der Waals surface area contributed by atoms with Crippen LogP contribution in [0, 0.1) is 11.6 Å². The van der Waals surface area contributed by atoms with Crippen LogP contribution in [0.5, 0.6) is 0 Å². The first-order valence-electron chi connectivity index (χ1n) is 5.95. The molecule has 1 aliphatic carbocycles. The minimum atomic E-state index is -0.640. The van der Waals surface area contributed by atoms with Crippen LogP contribution in [0.4, 0.5) is 8.78 Å². The summed E-state index contributed by atoms with van der Waals surface area (Å²) in [5.74, 6) is -1.17. The molecule has 0 radical (unpaired) electrons. The van der Waals surface area contributed by atoms with Crippen molar-refractivity contribution in [3.63, 3.8) is 0 Å². The Kier molecular flexibility index (Phi) is 3.69. The summed E-state index contributed by atoms with van der Waals surface area (Å²) in [4.78, 5) is 0. The Balaban J connectivity index is 2.53. The lowest BCUT2D eigenvalue weighted by Gasteiger charge is -2.37. The molecule has 0 bridgehead atoms. The number of rotatable bonds is 2. The topological polar surface area (TPSA) is 26.0 Å². The minimum Gasteiger partial charge on any atom is -0.330 e. The summed E-state index contributed by atoms with van der Waals surface area (Å²) in [6.07, 6.45) is 4.49. The predicted molar refractivity (Wildman–Crippen MR) is 65.2 cm³/mol. The molecule has 1 fully saturated rings. The molecule has 2 N–H and O–H groups in total. The van der Waals surface area contributed by atoms with Crippen LogP contribution in [0.25, 0.3) is 0 Å². The van der Waals surface area contributed by atoms with E-state index in [1.165, 1.54) is 12.1 Å². The summed E-state index contributed by atoms with van der Waals surface area (Å²) in [6.45, 7) is 0.265. The van der Waals surface area contributed by atoms with Gasteiger partial charge in [0.2, 0.25) is 0 Å². The highest BCUT2D eigenvalue weighted by molar-refractivity contribution is 6.30. The van der Waals surface area contributed by atoms with E-state index in [-0.39, 0.29) is 17.1 Å². The molecule has 94 valence electrons. The van der Waals surface area contributed by atoms with E-state index < -0.39 is 17.0 Å². The number of nitrogens with two attached hydrogens (primary N) is 1. The van der Waals surface area contributed by atoms with Gasteiger partial charge in [-0.2, -0.15) is 0 Å². The average molecular weight is 260 g/mol. The van der Waals surface area contributed by atoms with Crippen LogP contribution in [-0.4, -0.2) is 6.54 Å². The maximum absolute atomic E-state index is 14.1. The third-order valence-electron chi connectivity index (χ3n) is 3.78. The zero-order valence-electron chi connectivity index (χ0n) is 9.61. The van der Waals surface area contributed by atoms with Crippen molar-refractivity contribution in [2.24, 2.45) is 5.73 Å². The van der Waals surface area contributed by atoms with E-state index >= 15 is 0 Å². The summed E-state index contributed by atoms with van der Waals surface area (Å²) >= 11 is 5.74. The van der Waals surface area contributed by atoms with Gasteiger partial charge in [0.05, 0.1) is 5.02 Å². The Bertz CT molecular complexity index is 414. The van der Waals surface area contributed by atoms with E-state index in [2.05, 4.69) is 0 Å². The highest BCUT2D eigenvalue weighted by atomic mass is 35.5. The van der Waals surface area contributed by atoms with Crippen molar-refractivity contribution >= 4 is 11.6 Å². The Hall–Kier alpha value is -0.670. The molecule has 0 atom stereocenters. The van der Waals surface area contributed by atoms with Gasteiger partial charge in [-0.3, -0.25) is 0 Å². The van der Waals surface area contributed by atoms with Crippen molar-refractivity contribution in [2.45, 2.75) is 37.5 Å². The molecule has 0 aromatic heterocycles. The zero-order valence-corrected chi connectivity index (χ0v) is 10.4. The van der Waals surface area contributed by atoms with Gasteiger partial charge in [0, 0.05) is 17.5 Å². The van der Waals surface area contributed by atoms with Gasteiger partial charge < -0.3 is 5.73 Å². The molecule has 1 aliphatic rings. The normalized spacial score (nSPS) is 19.3. The first kappa shape index (κ1) is 12.8. The van der Waals surface area contributed by atoms with Crippen molar-refractivity contribution in [1.82, 2.24) is 0 Å². The SMILES string of the molecule is NCC1(c2c(F)ccc(Cl)c2F)CCCCC1. The lowest BCUT2D eigenvalue weighted by Crippen LogP contribution is -2.39. The third-order valence-corrected chi connectivity index (χ3v) is 4.07. The van der Waals surface area contributed by atoms with Gasteiger partial charge in [-0.05, 0) is 25.0 Å². The van der Waals surface area contributed by atoms with Gasteiger partial charge in [0.15, 0.2) is 0 Å². The molecule has 1 aromatic rings. The van der Waals surface area contributed by atoms with E-state index in [9.17, 15) is 8.78 Å². The number of benzene rings is 1. The van der Waals surface area contributed by atoms with Crippen molar-refractivity contribution in [3.8, 4) is 0 Å². The lowest BCUT2D eigenvalue weighted by atomic mass is 9.69. The number of hydrogen-bond donors (Lipinski definition) is 1. The van der Waals surface area contributed by atoms with E-state index in [4.69, 9.17) is 17.3 Å². The fraction of sp³-hybridized carbons (Fsp3) is 0.538. The zero-order chi connectivity index (χ0) is 12.5. The second-order valence-electron chi connectivity index (χ2n) is 4.76. The van der Waals surface area contributed by atoms with Gasteiger partial charge in [-0.1, -0.05) is 30.9 Å². The molecule has 0 aliphatic heterocycles. The van der Waals surface area contributed by atoms with Crippen LogP contribution < -0.4 is 5.73 Å². The van der Waals surface area contributed by atoms with Gasteiger partial charge in [-0.15, -0.1) is 0 Å². The van der Waals surface area contributed by atoms with Gasteiger partial charge in [-0.25, -0.2) is 8.78 Å². The van der Waals surface area contributed by atoms with E-state index in [0.29, 0.717) is 0 Å². The molecule has 0 heterocycles. The lowest BCUT2D eigenvalue weighted by molar-refractivity contribution is 0.281. The Morgan fingerprint density at radius 3 is 2.41 bits per heavy atom. The fourth-order valence-electron chi connectivity index (χ4n) is 2.80. The molecule has 1 saturated carbocycles. The molecular weight excluding hydrogens is 244 g/mol. The Morgan fingerprint density at radius 1 is 1.18 bits per heavy atom. The smallest absolute Gasteiger partial charge is 0.148 e. The number of halogens is 3. The molecule has 1 aromatic carbocycles. The van der Waals surface area contributed by atoms with Crippen molar-refractivity contribution in [3.05, 3.63) is 34.4 Å². The summed E-state index contributed by atoms with van der Waals surface area (Å²) in [5.41, 5.74) is 5.30.